The van der Waals surface area contributed by atoms with E-state index in [1.165, 1.54) is 20.2 Å². The van der Waals surface area contributed by atoms with Gasteiger partial charge < -0.3 is 20.3 Å². The van der Waals surface area contributed by atoms with Gasteiger partial charge in [0, 0.05) is 45.0 Å². The van der Waals surface area contributed by atoms with Crippen LogP contribution < -0.4 is 15.4 Å². The van der Waals surface area contributed by atoms with Gasteiger partial charge in [0.25, 0.3) is 5.91 Å². The molecule has 8 nitrogen and oxygen atoms in total. The minimum Gasteiger partial charge on any atom is -0.495 e. The zero-order valence-electron chi connectivity index (χ0n) is 18.2. The molecule has 12 heteroatoms. The Morgan fingerprint density at radius 3 is 2.73 bits per heavy atom. The number of carbonyl (C=O) groups excluding carboxylic acids is 1. The van der Waals surface area contributed by atoms with Gasteiger partial charge in [0.05, 0.1) is 18.4 Å². The number of ether oxygens (including phenoxy) is 1. The van der Waals surface area contributed by atoms with E-state index in [9.17, 15) is 22.4 Å². The first kappa shape index (κ1) is 23.0. The summed E-state index contributed by atoms with van der Waals surface area (Å²) in [4.78, 5) is 24.5. The first-order chi connectivity index (χ1) is 15.7. The summed E-state index contributed by atoms with van der Waals surface area (Å²) in [6.07, 6.45) is -1.89. The van der Waals surface area contributed by atoms with E-state index in [0.717, 1.165) is 32.0 Å². The van der Waals surface area contributed by atoms with Crippen molar-refractivity contribution in [2.24, 2.45) is 0 Å². The number of methoxy groups -OCH3 is 1. The molecule has 33 heavy (non-hydrogen) atoms. The van der Waals surface area contributed by atoms with Gasteiger partial charge in [-0.25, -0.2) is 9.37 Å². The fourth-order valence-electron chi connectivity index (χ4n) is 4.29. The molecule has 0 spiro atoms. The molecule has 178 valence electrons. The van der Waals surface area contributed by atoms with Crippen LogP contribution in [0.2, 0.25) is 0 Å². The van der Waals surface area contributed by atoms with Gasteiger partial charge in [0.15, 0.2) is 0 Å². The Kier molecular flexibility index (Phi) is 6.28. The summed E-state index contributed by atoms with van der Waals surface area (Å²) in [5.41, 5.74) is -1.08. The van der Waals surface area contributed by atoms with Crippen molar-refractivity contribution >= 4 is 23.4 Å². The highest BCUT2D eigenvalue weighted by molar-refractivity contribution is 5.96. The number of piperazine rings is 1. The van der Waals surface area contributed by atoms with Crippen molar-refractivity contribution in [2.75, 3.05) is 51.0 Å². The number of nitrogens with one attached hydrogen (secondary N) is 2. The molecule has 3 heterocycles. The van der Waals surface area contributed by atoms with E-state index in [1.807, 2.05) is 0 Å². The lowest BCUT2D eigenvalue weighted by molar-refractivity contribution is -0.137. The number of aromatic nitrogens is 2. The number of hydrogen-bond acceptors (Lipinski definition) is 7. The highest BCUT2D eigenvalue weighted by Gasteiger charge is 2.36. The second-order valence-electron chi connectivity index (χ2n) is 7.94. The summed E-state index contributed by atoms with van der Waals surface area (Å²) in [6.45, 7) is 2.85. The lowest BCUT2D eigenvalue weighted by Gasteiger charge is -2.37. The maximum atomic E-state index is 15.0. The highest BCUT2D eigenvalue weighted by atomic mass is 19.4. The van der Waals surface area contributed by atoms with Crippen LogP contribution in [-0.4, -0.2) is 72.1 Å². The van der Waals surface area contributed by atoms with E-state index in [2.05, 4.69) is 25.5 Å². The maximum absolute atomic E-state index is 15.0. The molecule has 1 unspecified atom stereocenters. The molecule has 2 aromatic rings. The molecule has 1 amide bonds. The Hall–Kier alpha value is -3.15. The average Bonchev–Trinajstić information content (AvgIpc) is 3.26. The zero-order chi connectivity index (χ0) is 23.8. The third kappa shape index (κ3) is 4.65. The third-order valence-electron chi connectivity index (χ3n) is 5.97. The average molecular weight is 468 g/mol. The topological polar surface area (TPSA) is 82.6 Å². The standard InChI is InChI=1S/C21H24F4N6O2/c1-26-18-14(21(23,24)25)10-27-20(29-18)28-16-9-15(22)13(8-17(16)33-2)19(32)31-7-6-30-5-3-4-12(30)11-31/h8-10,12H,3-7,11H2,1-2H3,(H2,26,27,28,29). The summed E-state index contributed by atoms with van der Waals surface area (Å²) < 4.78 is 59.4. The summed E-state index contributed by atoms with van der Waals surface area (Å²) >= 11 is 0. The number of rotatable bonds is 5. The van der Waals surface area contributed by atoms with Crippen LogP contribution in [0.1, 0.15) is 28.8 Å². The number of nitrogens with zero attached hydrogens (tertiary/aromatic N) is 4. The van der Waals surface area contributed by atoms with Crippen LogP contribution in [0.5, 0.6) is 5.75 Å². The molecule has 0 radical (unpaired) electrons. The fraction of sp³-hybridized carbons (Fsp3) is 0.476. The van der Waals surface area contributed by atoms with Crippen LogP contribution in [0.3, 0.4) is 0 Å². The van der Waals surface area contributed by atoms with Gasteiger partial charge >= 0.3 is 6.18 Å². The van der Waals surface area contributed by atoms with Crippen LogP contribution in [0.15, 0.2) is 18.3 Å². The van der Waals surface area contributed by atoms with Crippen molar-refractivity contribution in [3.63, 3.8) is 0 Å². The van der Waals surface area contributed by atoms with Crippen molar-refractivity contribution in [3.8, 4) is 5.75 Å². The number of benzene rings is 1. The minimum atomic E-state index is -4.63. The quantitative estimate of drug-likeness (QED) is 0.652. The largest absolute Gasteiger partial charge is 0.495 e. The monoisotopic (exact) mass is 468 g/mol. The number of alkyl halides is 3. The third-order valence-corrected chi connectivity index (χ3v) is 5.97. The summed E-state index contributed by atoms with van der Waals surface area (Å²) in [5.74, 6) is -1.70. The maximum Gasteiger partial charge on any atom is 0.421 e. The van der Waals surface area contributed by atoms with Crippen molar-refractivity contribution in [1.82, 2.24) is 19.8 Å². The van der Waals surface area contributed by atoms with Crippen LogP contribution in [0.25, 0.3) is 0 Å². The summed E-state index contributed by atoms with van der Waals surface area (Å²) in [6, 6.07) is 2.63. The normalized spacial score (nSPS) is 18.7. The molecule has 4 rings (SSSR count). The molecule has 2 fully saturated rings. The van der Waals surface area contributed by atoms with Crippen LogP contribution in [-0.2, 0) is 6.18 Å². The second kappa shape index (κ2) is 9.00. The number of halogens is 4. The van der Waals surface area contributed by atoms with Gasteiger partial charge in [0.2, 0.25) is 5.95 Å². The van der Waals surface area contributed by atoms with Gasteiger partial charge in [-0.1, -0.05) is 0 Å². The first-order valence-electron chi connectivity index (χ1n) is 10.5. The molecule has 1 aromatic heterocycles. The van der Waals surface area contributed by atoms with Crippen LogP contribution >= 0.6 is 0 Å². The molecule has 2 aliphatic heterocycles. The summed E-state index contributed by atoms with van der Waals surface area (Å²) in [5, 5.41) is 5.04. The van der Waals surface area contributed by atoms with Crippen LogP contribution in [0, 0.1) is 5.82 Å². The molecule has 2 saturated heterocycles. The predicted octanol–water partition coefficient (Wildman–Crippen LogP) is 3.35. The molecule has 0 bridgehead atoms. The van der Waals surface area contributed by atoms with Gasteiger partial charge in [0.1, 0.15) is 22.9 Å². The van der Waals surface area contributed by atoms with Crippen LogP contribution in [0.4, 0.5) is 35.0 Å². The fourth-order valence-corrected chi connectivity index (χ4v) is 4.29. The van der Waals surface area contributed by atoms with Crippen molar-refractivity contribution in [3.05, 3.63) is 35.3 Å². The Bertz CT molecular complexity index is 1050. The van der Waals surface area contributed by atoms with Crippen molar-refractivity contribution in [2.45, 2.75) is 25.1 Å². The Labute approximate surface area is 187 Å². The van der Waals surface area contributed by atoms with E-state index in [1.54, 1.807) is 4.90 Å². The molecular weight excluding hydrogens is 444 g/mol. The molecule has 0 aliphatic carbocycles. The smallest absolute Gasteiger partial charge is 0.421 e. The molecular formula is C21H24F4N6O2. The lowest BCUT2D eigenvalue weighted by Crippen LogP contribution is -2.52. The van der Waals surface area contributed by atoms with Crippen molar-refractivity contribution in [1.29, 1.82) is 0 Å². The summed E-state index contributed by atoms with van der Waals surface area (Å²) in [7, 11) is 2.64. The molecule has 0 saturated carbocycles. The Morgan fingerprint density at radius 1 is 1.24 bits per heavy atom. The molecule has 2 N–H and O–H groups in total. The van der Waals surface area contributed by atoms with Gasteiger partial charge in [-0.15, -0.1) is 0 Å². The predicted molar refractivity (Wildman–Crippen MR) is 113 cm³/mol. The van der Waals surface area contributed by atoms with Gasteiger partial charge in [-0.2, -0.15) is 18.2 Å². The molecule has 1 atom stereocenters. The lowest BCUT2D eigenvalue weighted by atomic mass is 10.1. The second-order valence-corrected chi connectivity index (χ2v) is 7.94. The molecule has 2 aliphatic rings. The number of fused-ring (bicyclic) bond motifs is 1. The van der Waals surface area contributed by atoms with E-state index in [4.69, 9.17) is 4.74 Å². The SMILES string of the molecule is CNc1nc(Nc2cc(F)c(C(=O)N3CCN4CCCC4C3)cc2OC)ncc1C(F)(F)F. The number of carbonyl (C=O) groups is 1. The highest BCUT2D eigenvalue weighted by Crippen LogP contribution is 2.35. The van der Waals surface area contributed by atoms with Crippen molar-refractivity contribution < 1.29 is 27.1 Å². The Morgan fingerprint density at radius 2 is 2.03 bits per heavy atom. The van der Waals surface area contributed by atoms with Gasteiger partial charge in [-0.3, -0.25) is 9.69 Å². The minimum absolute atomic E-state index is 0.0778. The van der Waals surface area contributed by atoms with E-state index in [-0.39, 0.29) is 22.9 Å². The molecule has 1 aromatic carbocycles. The number of anilines is 3. The first-order valence-corrected chi connectivity index (χ1v) is 10.5. The number of hydrogen-bond donors (Lipinski definition) is 2. The van der Waals surface area contributed by atoms with E-state index < -0.39 is 29.3 Å². The zero-order valence-corrected chi connectivity index (χ0v) is 18.2. The van der Waals surface area contributed by atoms with E-state index >= 15 is 0 Å². The van der Waals surface area contributed by atoms with Gasteiger partial charge in [-0.05, 0) is 25.5 Å². The van der Waals surface area contributed by atoms with E-state index in [0.29, 0.717) is 25.3 Å². The number of amides is 1. The Balaban J connectivity index is 1.57.